The van der Waals surface area contributed by atoms with E-state index in [0.29, 0.717) is 23.7 Å². The number of amides is 1. The van der Waals surface area contributed by atoms with Crippen molar-refractivity contribution in [1.82, 2.24) is 4.90 Å². The highest BCUT2D eigenvalue weighted by Gasteiger charge is 2.19. The summed E-state index contributed by atoms with van der Waals surface area (Å²) in [5, 5.41) is 3.43. The van der Waals surface area contributed by atoms with Crippen LogP contribution >= 0.6 is 11.6 Å². The van der Waals surface area contributed by atoms with Crippen LogP contribution in [0.3, 0.4) is 0 Å². The predicted molar refractivity (Wildman–Crippen MR) is 79.9 cm³/mol. The van der Waals surface area contributed by atoms with Gasteiger partial charge in [-0.05, 0) is 37.6 Å². The van der Waals surface area contributed by atoms with Gasteiger partial charge in [-0.3, -0.25) is 4.79 Å². The minimum absolute atomic E-state index is 0.0273. The van der Waals surface area contributed by atoms with Gasteiger partial charge in [0, 0.05) is 36.1 Å². The zero-order chi connectivity index (χ0) is 14.4. The minimum atomic E-state index is -0.0273. The molecular weight excluding hydrogens is 276 g/mol. The summed E-state index contributed by atoms with van der Waals surface area (Å²) in [6, 6.07) is 7.11. The number of aldehydes is 1. The molecule has 1 heterocycles. The van der Waals surface area contributed by atoms with Crippen LogP contribution in [0.25, 0.3) is 0 Å². The first kappa shape index (κ1) is 15.0. The Morgan fingerprint density at radius 2 is 2.35 bits per heavy atom. The van der Waals surface area contributed by atoms with Crippen molar-refractivity contribution in [3.05, 3.63) is 29.3 Å². The average Bonchev–Trinajstić information content (AvgIpc) is 2.45. The highest BCUT2D eigenvalue weighted by Crippen LogP contribution is 2.16. The highest BCUT2D eigenvalue weighted by molar-refractivity contribution is 6.30. The van der Waals surface area contributed by atoms with Crippen LogP contribution in [0.1, 0.15) is 19.3 Å². The Balaban J connectivity index is 1.76. The van der Waals surface area contributed by atoms with Gasteiger partial charge in [0.2, 0.25) is 5.91 Å². The van der Waals surface area contributed by atoms with Gasteiger partial charge in [-0.25, -0.2) is 0 Å². The predicted octanol–water partition coefficient (Wildman–Crippen LogP) is 2.58. The van der Waals surface area contributed by atoms with E-state index in [9.17, 15) is 9.59 Å². The zero-order valence-electron chi connectivity index (χ0n) is 11.3. The quantitative estimate of drug-likeness (QED) is 0.849. The van der Waals surface area contributed by atoms with E-state index in [2.05, 4.69) is 10.2 Å². The Kier molecular flexibility index (Phi) is 5.56. The van der Waals surface area contributed by atoms with Crippen LogP contribution in [0.4, 0.5) is 5.69 Å². The molecule has 1 aliphatic rings. The van der Waals surface area contributed by atoms with Gasteiger partial charge in [-0.15, -0.1) is 0 Å². The van der Waals surface area contributed by atoms with Gasteiger partial charge in [-0.2, -0.15) is 0 Å². The molecule has 1 atom stereocenters. The second-order valence-corrected chi connectivity index (χ2v) is 5.58. The molecule has 1 amide bonds. The van der Waals surface area contributed by atoms with Gasteiger partial charge in [0.05, 0.1) is 0 Å². The van der Waals surface area contributed by atoms with Crippen LogP contribution in [0, 0.1) is 5.92 Å². The molecule has 2 rings (SSSR count). The molecule has 0 spiro atoms. The second kappa shape index (κ2) is 7.41. The number of hydrogen-bond donors (Lipinski definition) is 1. The first-order chi connectivity index (χ1) is 9.67. The maximum Gasteiger partial charge on any atom is 0.225 e. The Labute approximate surface area is 124 Å². The lowest BCUT2D eigenvalue weighted by Crippen LogP contribution is -2.37. The van der Waals surface area contributed by atoms with E-state index in [-0.39, 0.29) is 11.8 Å². The number of nitrogens with zero attached hydrogens (tertiary/aromatic N) is 1. The minimum Gasteiger partial charge on any atom is -0.326 e. The number of hydrogen-bond acceptors (Lipinski definition) is 3. The zero-order valence-corrected chi connectivity index (χ0v) is 12.1. The molecule has 108 valence electrons. The molecular formula is C15H19ClN2O2. The van der Waals surface area contributed by atoms with E-state index in [1.165, 1.54) is 0 Å². The van der Waals surface area contributed by atoms with Crippen LogP contribution in [0.15, 0.2) is 24.3 Å². The molecule has 1 aromatic carbocycles. The van der Waals surface area contributed by atoms with Crippen molar-refractivity contribution in [3.8, 4) is 0 Å². The number of halogens is 1. The number of nitrogens with one attached hydrogen (secondary N) is 1. The molecule has 5 heteroatoms. The molecule has 4 nitrogen and oxygen atoms in total. The standard InChI is InChI=1S/C15H19ClN2O2/c16-13-4-1-5-14(9-13)17-15(20)6-8-18-7-2-3-12(10-18)11-19/h1,4-5,9,11-12H,2-3,6-8,10H2,(H,17,20). The molecule has 1 fully saturated rings. The molecule has 0 bridgehead atoms. The normalized spacial score (nSPS) is 19.6. The van der Waals surface area contributed by atoms with Crippen LogP contribution in [0.5, 0.6) is 0 Å². The van der Waals surface area contributed by atoms with E-state index in [0.717, 1.165) is 32.2 Å². The summed E-state index contributed by atoms with van der Waals surface area (Å²) in [7, 11) is 0. The Hall–Kier alpha value is -1.39. The van der Waals surface area contributed by atoms with Gasteiger partial charge in [-0.1, -0.05) is 17.7 Å². The summed E-state index contributed by atoms with van der Waals surface area (Å²) >= 11 is 5.87. The van der Waals surface area contributed by atoms with Crippen molar-refractivity contribution in [2.45, 2.75) is 19.3 Å². The Bertz CT molecular complexity index is 479. The van der Waals surface area contributed by atoms with Crippen LogP contribution in [0.2, 0.25) is 5.02 Å². The number of piperidine rings is 1. The lowest BCUT2D eigenvalue weighted by Gasteiger charge is -2.29. The van der Waals surface area contributed by atoms with Crippen LogP contribution in [-0.2, 0) is 9.59 Å². The molecule has 1 saturated heterocycles. The molecule has 0 radical (unpaired) electrons. The fourth-order valence-corrected chi connectivity index (χ4v) is 2.65. The Morgan fingerprint density at radius 1 is 1.50 bits per heavy atom. The smallest absolute Gasteiger partial charge is 0.225 e. The fraction of sp³-hybridized carbons (Fsp3) is 0.467. The lowest BCUT2D eigenvalue weighted by molar-refractivity contribution is -0.116. The van der Waals surface area contributed by atoms with Gasteiger partial charge < -0.3 is 15.0 Å². The van der Waals surface area contributed by atoms with Crippen molar-refractivity contribution in [2.24, 2.45) is 5.92 Å². The summed E-state index contributed by atoms with van der Waals surface area (Å²) in [4.78, 5) is 24.8. The molecule has 1 aromatic rings. The van der Waals surface area contributed by atoms with Gasteiger partial charge >= 0.3 is 0 Å². The number of likely N-dealkylation sites (tertiary alicyclic amines) is 1. The van der Waals surface area contributed by atoms with Gasteiger partial charge in [0.15, 0.2) is 0 Å². The maximum atomic E-state index is 11.9. The summed E-state index contributed by atoms with van der Waals surface area (Å²) in [5.41, 5.74) is 0.715. The van der Waals surface area contributed by atoms with E-state index >= 15 is 0 Å². The molecule has 0 aliphatic carbocycles. The van der Waals surface area contributed by atoms with Crippen molar-refractivity contribution in [1.29, 1.82) is 0 Å². The topological polar surface area (TPSA) is 49.4 Å². The van der Waals surface area contributed by atoms with Gasteiger partial charge in [0.1, 0.15) is 6.29 Å². The first-order valence-electron chi connectivity index (χ1n) is 6.90. The summed E-state index contributed by atoms with van der Waals surface area (Å²) in [5.74, 6) is 0.0974. The van der Waals surface area contributed by atoms with Crippen LogP contribution in [-0.4, -0.2) is 36.7 Å². The molecule has 1 aliphatic heterocycles. The van der Waals surface area contributed by atoms with Crippen molar-refractivity contribution >= 4 is 29.5 Å². The molecule has 0 aromatic heterocycles. The SMILES string of the molecule is O=CC1CCCN(CCC(=O)Nc2cccc(Cl)c2)C1. The van der Waals surface area contributed by atoms with Gasteiger partial charge in [0.25, 0.3) is 0 Å². The van der Waals surface area contributed by atoms with E-state index in [1.54, 1.807) is 18.2 Å². The number of carbonyl (C=O) groups is 2. The number of carbonyl (C=O) groups excluding carboxylic acids is 2. The summed E-state index contributed by atoms with van der Waals surface area (Å²) < 4.78 is 0. The van der Waals surface area contributed by atoms with Crippen molar-refractivity contribution in [2.75, 3.05) is 25.0 Å². The fourth-order valence-electron chi connectivity index (χ4n) is 2.45. The molecule has 1 N–H and O–H groups in total. The average molecular weight is 295 g/mol. The number of anilines is 1. The third kappa shape index (κ3) is 4.62. The molecule has 0 saturated carbocycles. The van der Waals surface area contributed by atoms with E-state index in [4.69, 9.17) is 11.6 Å². The largest absolute Gasteiger partial charge is 0.326 e. The molecule has 1 unspecified atom stereocenters. The number of rotatable bonds is 5. The van der Waals surface area contributed by atoms with Crippen molar-refractivity contribution < 1.29 is 9.59 Å². The number of benzene rings is 1. The van der Waals surface area contributed by atoms with Crippen molar-refractivity contribution in [3.63, 3.8) is 0 Å². The highest BCUT2D eigenvalue weighted by atomic mass is 35.5. The second-order valence-electron chi connectivity index (χ2n) is 5.15. The first-order valence-corrected chi connectivity index (χ1v) is 7.28. The third-order valence-electron chi connectivity index (χ3n) is 3.50. The third-order valence-corrected chi connectivity index (χ3v) is 3.73. The van der Waals surface area contributed by atoms with E-state index in [1.807, 2.05) is 6.07 Å². The Morgan fingerprint density at radius 3 is 3.10 bits per heavy atom. The maximum absolute atomic E-state index is 11.9. The monoisotopic (exact) mass is 294 g/mol. The summed E-state index contributed by atoms with van der Waals surface area (Å²) in [6.45, 7) is 2.43. The molecule has 20 heavy (non-hydrogen) atoms. The lowest BCUT2D eigenvalue weighted by atomic mass is 10.00. The van der Waals surface area contributed by atoms with Crippen LogP contribution < -0.4 is 5.32 Å². The summed E-state index contributed by atoms with van der Waals surface area (Å²) in [6.07, 6.45) is 3.45. The van der Waals surface area contributed by atoms with E-state index < -0.39 is 0 Å².